The summed E-state index contributed by atoms with van der Waals surface area (Å²) in [5.41, 5.74) is 1.57. The summed E-state index contributed by atoms with van der Waals surface area (Å²) in [7, 11) is 0. The molecule has 0 aromatic heterocycles. The van der Waals surface area contributed by atoms with Gasteiger partial charge in [-0.25, -0.2) is 4.79 Å². The number of carbonyl (C=O) groups is 2. The zero-order chi connectivity index (χ0) is 22.5. The van der Waals surface area contributed by atoms with Crippen molar-refractivity contribution in [1.82, 2.24) is 4.90 Å². The molecule has 2 aromatic rings. The molecule has 0 radical (unpaired) electrons. The third-order valence-electron chi connectivity index (χ3n) is 6.09. The van der Waals surface area contributed by atoms with E-state index < -0.39 is 0 Å². The zero-order valence-corrected chi connectivity index (χ0v) is 18.8. The number of fused-ring (bicyclic) bond motifs is 1. The van der Waals surface area contributed by atoms with Gasteiger partial charge in [-0.2, -0.15) is 0 Å². The molecule has 0 saturated carbocycles. The minimum Gasteiger partial charge on any atom is -0.494 e. The number of piperidine rings is 1. The molecule has 2 aromatic carbocycles. The maximum absolute atomic E-state index is 13.3. The van der Waals surface area contributed by atoms with Crippen molar-refractivity contribution in [2.24, 2.45) is 5.92 Å². The van der Waals surface area contributed by atoms with Crippen LogP contribution in [-0.2, 0) is 4.79 Å². The molecule has 1 fully saturated rings. The fraction of sp³-hybridized carbons (Fsp3) is 0.440. The second-order valence-corrected chi connectivity index (χ2v) is 8.22. The number of urea groups is 1. The Hall–Kier alpha value is -3.22. The maximum atomic E-state index is 13.3. The van der Waals surface area contributed by atoms with Gasteiger partial charge >= 0.3 is 6.03 Å². The smallest absolute Gasteiger partial charge is 0.324 e. The fourth-order valence-electron chi connectivity index (χ4n) is 4.24. The Bertz CT molecular complexity index is 938. The van der Waals surface area contributed by atoms with Gasteiger partial charge in [0.05, 0.1) is 18.8 Å². The van der Waals surface area contributed by atoms with Gasteiger partial charge in [0, 0.05) is 24.7 Å². The van der Waals surface area contributed by atoms with Crippen molar-refractivity contribution < 1.29 is 19.1 Å². The average Bonchev–Trinajstić information content (AvgIpc) is 2.84. The minimum atomic E-state index is -0.106. The second-order valence-electron chi connectivity index (χ2n) is 8.22. The van der Waals surface area contributed by atoms with Gasteiger partial charge in [0.2, 0.25) is 5.91 Å². The standard InChI is InChI=1S/C25H31N3O4/c1-3-20-17-28(22-7-5-6-8-23(22)32-20)25(30)27-15-13-18(14-16-27)24(29)26-19-9-11-21(12-10-19)31-4-2/h5-12,18,20H,3-4,13-17H2,1-2H3,(H,26,29)/t20-/m0/s1. The number of nitrogens with zero attached hydrogens (tertiary/aromatic N) is 2. The highest BCUT2D eigenvalue weighted by Gasteiger charge is 2.34. The molecule has 32 heavy (non-hydrogen) atoms. The van der Waals surface area contributed by atoms with Gasteiger partial charge in [-0.15, -0.1) is 0 Å². The van der Waals surface area contributed by atoms with Gasteiger partial charge in [-0.1, -0.05) is 19.1 Å². The summed E-state index contributed by atoms with van der Waals surface area (Å²) < 4.78 is 11.4. The van der Waals surface area contributed by atoms with Crippen LogP contribution in [0.5, 0.6) is 11.5 Å². The number of hydrogen-bond acceptors (Lipinski definition) is 4. The molecule has 170 valence electrons. The van der Waals surface area contributed by atoms with Crippen molar-refractivity contribution in [2.45, 2.75) is 39.2 Å². The monoisotopic (exact) mass is 437 g/mol. The van der Waals surface area contributed by atoms with E-state index in [9.17, 15) is 9.59 Å². The Balaban J connectivity index is 1.34. The lowest BCUT2D eigenvalue weighted by molar-refractivity contribution is -0.121. The van der Waals surface area contributed by atoms with Crippen LogP contribution in [0.1, 0.15) is 33.1 Å². The molecular weight excluding hydrogens is 406 g/mol. The Labute approximate surface area is 189 Å². The normalized spacial score (nSPS) is 18.5. The van der Waals surface area contributed by atoms with Gasteiger partial charge in [-0.3, -0.25) is 9.69 Å². The first kappa shape index (κ1) is 22.0. The van der Waals surface area contributed by atoms with E-state index in [1.165, 1.54) is 0 Å². The maximum Gasteiger partial charge on any atom is 0.324 e. The summed E-state index contributed by atoms with van der Waals surface area (Å²) in [4.78, 5) is 29.7. The number of ether oxygens (including phenoxy) is 2. The van der Waals surface area contributed by atoms with E-state index in [0.29, 0.717) is 39.1 Å². The fourth-order valence-corrected chi connectivity index (χ4v) is 4.24. The Morgan fingerprint density at radius 3 is 2.47 bits per heavy atom. The van der Waals surface area contributed by atoms with Crippen molar-refractivity contribution in [3.63, 3.8) is 0 Å². The van der Waals surface area contributed by atoms with E-state index >= 15 is 0 Å². The molecule has 4 rings (SSSR count). The number of rotatable bonds is 5. The Morgan fingerprint density at radius 1 is 1.06 bits per heavy atom. The first-order valence-electron chi connectivity index (χ1n) is 11.4. The van der Waals surface area contributed by atoms with Crippen molar-refractivity contribution in [3.05, 3.63) is 48.5 Å². The number of benzene rings is 2. The van der Waals surface area contributed by atoms with E-state index in [4.69, 9.17) is 9.47 Å². The van der Waals surface area contributed by atoms with Crippen LogP contribution in [0.3, 0.4) is 0 Å². The molecule has 7 heteroatoms. The highest BCUT2D eigenvalue weighted by atomic mass is 16.5. The van der Waals surface area contributed by atoms with Crippen LogP contribution in [0.25, 0.3) is 0 Å². The van der Waals surface area contributed by atoms with Crippen LogP contribution < -0.4 is 19.7 Å². The molecule has 7 nitrogen and oxygen atoms in total. The van der Waals surface area contributed by atoms with Gasteiger partial charge in [0.25, 0.3) is 0 Å². The first-order valence-corrected chi connectivity index (χ1v) is 11.4. The molecule has 1 N–H and O–H groups in total. The first-order chi connectivity index (χ1) is 15.6. The number of nitrogens with one attached hydrogen (secondary N) is 1. The van der Waals surface area contributed by atoms with E-state index in [1.54, 1.807) is 0 Å². The molecule has 3 amide bonds. The number of likely N-dealkylation sites (tertiary alicyclic amines) is 1. The van der Waals surface area contributed by atoms with Crippen LogP contribution in [0.2, 0.25) is 0 Å². The molecule has 0 unspecified atom stereocenters. The van der Waals surface area contributed by atoms with Crippen molar-refractivity contribution in [2.75, 3.05) is 36.5 Å². The molecule has 0 bridgehead atoms. The molecule has 2 aliphatic rings. The third-order valence-corrected chi connectivity index (χ3v) is 6.09. The Morgan fingerprint density at radius 2 is 1.78 bits per heavy atom. The number of amides is 3. The van der Waals surface area contributed by atoms with E-state index in [-0.39, 0.29) is 24.0 Å². The largest absolute Gasteiger partial charge is 0.494 e. The predicted octanol–water partition coefficient (Wildman–Crippen LogP) is 4.53. The molecule has 0 aliphatic carbocycles. The number of hydrogen-bond donors (Lipinski definition) is 1. The zero-order valence-electron chi connectivity index (χ0n) is 18.8. The SMILES string of the molecule is CCOc1ccc(NC(=O)C2CCN(C(=O)N3C[C@H](CC)Oc4ccccc43)CC2)cc1. The van der Waals surface area contributed by atoms with Crippen molar-refractivity contribution in [3.8, 4) is 11.5 Å². The average molecular weight is 438 g/mol. The van der Waals surface area contributed by atoms with Gasteiger partial charge < -0.3 is 19.7 Å². The minimum absolute atomic E-state index is 0.00373. The number of anilines is 2. The summed E-state index contributed by atoms with van der Waals surface area (Å²) in [6.07, 6.45) is 2.13. The molecule has 1 saturated heterocycles. The van der Waals surface area contributed by atoms with Gasteiger partial charge in [0.15, 0.2) is 0 Å². The van der Waals surface area contributed by atoms with E-state index in [0.717, 1.165) is 29.3 Å². The van der Waals surface area contributed by atoms with E-state index in [1.807, 2.05) is 65.3 Å². The van der Waals surface area contributed by atoms with Crippen LogP contribution in [-0.4, -0.2) is 49.2 Å². The summed E-state index contributed by atoms with van der Waals surface area (Å²) >= 11 is 0. The van der Waals surface area contributed by atoms with Crippen LogP contribution in [0.15, 0.2) is 48.5 Å². The molecule has 1 atom stereocenters. The summed E-state index contributed by atoms with van der Waals surface area (Å²) in [6.45, 7) is 6.29. The van der Waals surface area contributed by atoms with Crippen molar-refractivity contribution >= 4 is 23.3 Å². The molecule has 2 heterocycles. The lowest BCUT2D eigenvalue weighted by Crippen LogP contribution is -2.52. The van der Waals surface area contributed by atoms with Gasteiger partial charge in [0.1, 0.15) is 17.6 Å². The predicted molar refractivity (Wildman–Crippen MR) is 124 cm³/mol. The number of para-hydroxylation sites is 2. The highest BCUT2D eigenvalue weighted by Crippen LogP contribution is 2.35. The molecule has 2 aliphatic heterocycles. The summed E-state index contributed by atoms with van der Waals surface area (Å²) in [5, 5.41) is 2.99. The van der Waals surface area contributed by atoms with Crippen LogP contribution in [0, 0.1) is 5.92 Å². The quantitative estimate of drug-likeness (QED) is 0.746. The van der Waals surface area contributed by atoms with Gasteiger partial charge in [-0.05, 0) is 62.6 Å². The highest BCUT2D eigenvalue weighted by molar-refractivity contribution is 5.95. The summed E-state index contributed by atoms with van der Waals surface area (Å²) in [5.74, 6) is 1.44. The number of carbonyl (C=O) groups excluding carboxylic acids is 2. The molecule has 0 spiro atoms. The molecular formula is C25H31N3O4. The summed E-state index contributed by atoms with van der Waals surface area (Å²) in [6, 6.07) is 15.1. The van der Waals surface area contributed by atoms with E-state index in [2.05, 4.69) is 12.2 Å². The topological polar surface area (TPSA) is 71.1 Å². The Kier molecular flexibility index (Phi) is 6.83. The second kappa shape index (κ2) is 9.94. The van der Waals surface area contributed by atoms with Crippen LogP contribution in [0.4, 0.5) is 16.2 Å². The van der Waals surface area contributed by atoms with Crippen LogP contribution >= 0.6 is 0 Å². The van der Waals surface area contributed by atoms with Crippen molar-refractivity contribution in [1.29, 1.82) is 0 Å². The lowest BCUT2D eigenvalue weighted by atomic mass is 9.96. The lowest BCUT2D eigenvalue weighted by Gasteiger charge is -2.39. The third kappa shape index (κ3) is 4.82.